The summed E-state index contributed by atoms with van der Waals surface area (Å²) in [7, 11) is 1.19. The molecule has 3 rings (SSSR count). The summed E-state index contributed by atoms with van der Waals surface area (Å²) in [6, 6.07) is 11.3. The minimum atomic E-state index is -1.08. The van der Waals surface area contributed by atoms with Gasteiger partial charge in [0, 0.05) is 22.9 Å². The fourth-order valence-electron chi connectivity index (χ4n) is 3.52. The molecule has 1 heterocycles. The summed E-state index contributed by atoms with van der Waals surface area (Å²) in [5.41, 5.74) is 1.37. The first kappa shape index (κ1) is 24.5. The van der Waals surface area contributed by atoms with E-state index in [1.165, 1.54) is 7.11 Å². The van der Waals surface area contributed by atoms with Crippen molar-refractivity contribution in [3.63, 3.8) is 0 Å². The molecule has 8 nitrogen and oxygen atoms in total. The van der Waals surface area contributed by atoms with E-state index < -0.39 is 35.9 Å². The van der Waals surface area contributed by atoms with Crippen LogP contribution in [0.1, 0.15) is 17.5 Å². The van der Waals surface area contributed by atoms with E-state index in [9.17, 15) is 19.2 Å². The molecule has 174 valence electrons. The fourth-order valence-corrected chi connectivity index (χ4v) is 4.07. The number of amides is 3. The Morgan fingerprint density at radius 2 is 1.58 bits per heavy atom. The van der Waals surface area contributed by atoms with Crippen molar-refractivity contribution in [1.82, 2.24) is 16.0 Å². The highest BCUT2D eigenvalue weighted by atomic mass is 35.5. The number of esters is 1. The topological polar surface area (TPSA) is 114 Å². The second-order valence-corrected chi connectivity index (χ2v) is 8.38. The number of methoxy groups -OCH3 is 1. The smallest absolute Gasteiger partial charge is 0.328 e. The molecule has 3 amide bonds. The first-order chi connectivity index (χ1) is 15.8. The summed E-state index contributed by atoms with van der Waals surface area (Å²) in [6.07, 6.45) is -0.0149. The highest BCUT2D eigenvalue weighted by molar-refractivity contribution is 6.36. The van der Waals surface area contributed by atoms with Crippen molar-refractivity contribution >= 4 is 46.9 Å². The van der Waals surface area contributed by atoms with Crippen molar-refractivity contribution < 1.29 is 23.9 Å². The number of carbonyl (C=O) groups is 4. The minimum Gasteiger partial charge on any atom is -0.467 e. The predicted octanol–water partition coefficient (Wildman–Crippen LogP) is 1.81. The third kappa shape index (κ3) is 6.46. The maximum atomic E-state index is 12.6. The molecule has 0 spiro atoms. The van der Waals surface area contributed by atoms with Crippen molar-refractivity contribution in [2.24, 2.45) is 0 Å². The predicted molar refractivity (Wildman–Crippen MR) is 123 cm³/mol. The monoisotopic (exact) mass is 491 g/mol. The largest absolute Gasteiger partial charge is 0.467 e. The molecule has 0 bridgehead atoms. The van der Waals surface area contributed by atoms with Gasteiger partial charge in [0.25, 0.3) is 0 Å². The van der Waals surface area contributed by atoms with Crippen LogP contribution in [0.25, 0.3) is 0 Å². The van der Waals surface area contributed by atoms with Gasteiger partial charge < -0.3 is 20.7 Å². The lowest BCUT2D eigenvalue weighted by molar-refractivity contribution is -0.145. The first-order valence-corrected chi connectivity index (χ1v) is 11.0. The number of hydrogen-bond acceptors (Lipinski definition) is 5. The fraction of sp³-hybridized carbons (Fsp3) is 0.304. The molecule has 10 heteroatoms. The van der Waals surface area contributed by atoms with Crippen LogP contribution in [-0.2, 0) is 36.8 Å². The molecule has 3 atom stereocenters. The van der Waals surface area contributed by atoms with Gasteiger partial charge in [-0.3, -0.25) is 14.4 Å². The van der Waals surface area contributed by atoms with Crippen LogP contribution in [0.3, 0.4) is 0 Å². The highest BCUT2D eigenvalue weighted by Gasteiger charge is 2.35. The Morgan fingerprint density at radius 3 is 2.21 bits per heavy atom. The number of carbonyl (C=O) groups excluding carboxylic acids is 4. The Kier molecular flexibility index (Phi) is 8.30. The van der Waals surface area contributed by atoms with Crippen molar-refractivity contribution in [2.45, 2.75) is 37.4 Å². The molecule has 0 saturated carbocycles. The molecule has 3 N–H and O–H groups in total. The standard InChI is InChI=1S/C23H23Cl2N3O5/c1-33-23(32)19(11-14-15(24)8-5-9-16(14)25)26-20(29)12-18-22(31)27-17(21(30)28-18)10-13-6-3-2-4-7-13/h2-9,17-19H,10-12H2,1H3,(H,26,29)(H,27,31)(H,28,30)/t17-,18-,19+/m0/s1. The molecule has 33 heavy (non-hydrogen) atoms. The quantitative estimate of drug-likeness (QED) is 0.487. The van der Waals surface area contributed by atoms with Gasteiger partial charge in [-0.25, -0.2) is 4.79 Å². The number of hydrogen-bond donors (Lipinski definition) is 3. The van der Waals surface area contributed by atoms with Crippen LogP contribution in [0.4, 0.5) is 0 Å². The number of nitrogens with one attached hydrogen (secondary N) is 3. The third-order valence-corrected chi connectivity index (χ3v) is 5.94. The van der Waals surface area contributed by atoms with Gasteiger partial charge in [-0.1, -0.05) is 59.6 Å². The summed E-state index contributed by atoms with van der Waals surface area (Å²) in [4.78, 5) is 49.8. The van der Waals surface area contributed by atoms with Crippen molar-refractivity contribution in [3.05, 3.63) is 69.7 Å². The Hall–Kier alpha value is -3.10. The zero-order valence-electron chi connectivity index (χ0n) is 17.8. The zero-order valence-corrected chi connectivity index (χ0v) is 19.3. The van der Waals surface area contributed by atoms with Crippen LogP contribution in [0.2, 0.25) is 10.0 Å². The molecular formula is C23H23Cl2N3O5. The van der Waals surface area contributed by atoms with Gasteiger partial charge in [0.2, 0.25) is 17.7 Å². The molecular weight excluding hydrogens is 469 g/mol. The Balaban J connectivity index is 1.61. The van der Waals surface area contributed by atoms with Crippen LogP contribution in [0, 0.1) is 0 Å². The van der Waals surface area contributed by atoms with Crippen LogP contribution in [0.5, 0.6) is 0 Å². The van der Waals surface area contributed by atoms with Crippen molar-refractivity contribution in [3.8, 4) is 0 Å². The number of ether oxygens (including phenoxy) is 1. The van der Waals surface area contributed by atoms with E-state index in [4.69, 9.17) is 27.9 Å². The third-order valence-electron chi connectivity index (χ3n) is 5.23. The highest BCUT2D eigenvalue weighted by Crippen LogP contribution is 2.25. The summed E-state index contributed by atoms with van der Waals surface area (Å²) in [6.45, 7) is 0. The lowest BCUT2D eigenvalue weighted by Gasteiger charge is -2.29. The second-order valence-electron chi connectivity index (χ2n) is 7.56. The van der Waals surface area contributed by atoms with Gasteiger partial charge in [-0.2, -0.15) is 0 Å². The summed E-state index contributed by atoms with van der Waals surface area (Å²) < 4.78 is 4.78. The Morgan fingerprint density at radius 1 is 0.970 bits per heavy atom. The van der Waals surface area contributed by atoms with E-state index in [2.05, 4.69) is 16.0 Å². The van der Waals surface area contributed by atoms with Crippen LogP contribution in [0.15, 0.2) is 48.5 Å². The zero-order chi connectivity index (χ0) is 24.0. The minimum absolute atomic E-state index is 0.000702. The van der Waals surface area contributed by atoms with Gasteiger partial charge in [-0.05, 0) is 23.3 Å². The molecule has 0 radical (unpaired) electrons. The maximum Gasteiger partial charge on any atom is 0.328 e. The van der Waals surface area contributed by atoms with Crippen molar-refractivity contribution in [2.75, 3.05) is 7.11 Å². The molecule has 0 aliphatic carbocycles. The number of rotatable bonds is 8. The van der Waals surface area contributed by atoms with Gasteiger partial charge >= 0.3 is 5.97 Å². The average Bonchev–Trinajstić information content (AvgIpc) is 2.79. The maximum absolute atomic E-state index is 12.6. The summed E-state index contributed by atoms with van der Waals surface area (Å²) in [5, 5.41) is 8.46. The van der Waals surface area contributed by atoms with E-state index in [1.54, 1.807) is 18.2 Å². The molecule has 1 saturated heterocycles. The molecule has 0 unspecified atom stereocenters. The van der Waals surface area contributed by atoms with Crippen LogP contribution >= 0.6 is 23.2 Å². The normalized spacial score (nSPS) is 18.6. The van der Waals surface area contributed by atoms with Crippen LogP contribution in [-0.4, -0.2) is 48.9 Å². The number of piperazine rings is 1. The average molecular weight is 492 g/mol. The molecule has 2 aromatic carbocycles. The van der Waals surface area contributed by atoms with E-state index in [1.807, 2.05) is 30.3 Å². The second kappa shape index (κ2) is 11.2. The molecule has 0 aromatic heterocycles. The molecule has 1 fully saturated rings. The lowest BCUT2D eigenvalue weighted by Crippen LogP contribution is -2.63. The lowest BCUT2D eigenvalue weighted by atomic mass is 10.0. The van der Waals surface area contributed by atoms with E-state index >= 15 is 0 Å². The Labute approximate surface area is 201 Å². The van der Waals surface area contributed by atoms with Gasteiger partial charge in [-0.15, -0.1) is 0 Å². The first-order valence-electron chi connectivity index (χ1n) is 10.2. The molecule has 1 aliphatic rings. The molecule has 1 aliphatic heterocycles. The summed E-state index contributed by atoms with van der Waals surface area (Å²) >= 11 is 12.3. The Bertz CT molecular complexity index is 1030. The van der Waals surface area contributed by atoms with Gasteiger partial charge in [0.05, 0.1) is 13.5 Å². The SMILES string of the molecule is COC(=O)[C@@H](Cc1c(Cl)cccc1Cl)NC(=O)C[C@@H]1NC(=O)[C@H](Cc2ccccc2)NC1=O. The van der Waals surface area contributed by atoms with Gasteiger partial charge in [0.1, 0.15) is 18.1 Å². The summed E-state index contributed by atoms with van der Waals surface area (Å²) in [5.74, 6) is -2.17. The van der Waals surface area contributed by atoms with Crippen LogP contribution < -0.4 is 16.0 Å². The number of halogens is 2. The van der Waals surface area contributed by atoms with E-state index in [0.29, 0.717) is 22.0 Å². The van der Waals surface area contributed by atoms with E-state index in [0.717, 1.165) is 5.56 Å². The van der Waals surface area contributed by atoms with Crippen molar-refractivity contribution in [1.29, 1.82) is 0 Å². The van der Waals surface area contributed by atoms with Gasteiger partial charge in [0.15, 0.2) is 0 Å². The molecule has 2 aromatic rings. The number of benzene rings is 2. The van der Waals surface area contributed by atoms with E-state index in [-0.39, 0.29) is 18.7 Å².